The zero-order chi connectivity index (χ0) is 16.3. The number of allylic oxidation sites excluding steroid dienone is 2. The van der Waals surface area contributed by atoms with Gasteiger partial charge in [-0.05, 0) is 34.6 Å². The Labute approximate surface area is 171 Å². The molecule has 1 aromatic rings. The molecule has 0 fully saturated rings. The van der Waals surface area contributed by atoms with Gasteiger partial charge in [0.15, 0.2) is 0 Å². The first-order chi connectivity index (χ1) is 10.3. The Bertz CT molecular complexity index is 679. The summed E-state index contributed by atoms with van der Waals surface area (Å²) in [6.45, 7) is 1.72. The molecule has 122 valence electrons. The van der Waals surface area contributed by atoms with Crippen molar-refractivity contribution in [3.8, 4) is 0 Å². The van der Waals surface area contributed by atoms with Gasteiger partial charge in [-0.3, -0.25) is 10.1 Å². The van der Waals surface area contributed by atoms with Crippen LogP contribution in [0.15, 0.2) is 40.0 Å². The third kappa shape index (κ3) is 5.15. The smallest absolute Gasteiger partial charge is 0.276 e. The van der Waals surface area contributed by atoms with Crippen molar-refractivity contribution in [3.63, 3.8) is 0 Å². The van der Waals surface area contributed by atoms with Gasteiger partial charge in [0, 0.05) is 46.4 Å². The summed E-state index contributed by atoms with van der Waals surface area (Å²) in [4.78, 5) is 10.6. The van der Waals surface area contributed by atoms with Crippen molar-refractivity contribution in [2.24, 2.45) is 0 Å². The van der Waals surface area contributed by atoms with Crippen LogP contribution in [-0.4, -0.2) is 16.6 Å². The summed E-state index contributed by atoms with van der Waals surface area (Å²) in [5, 5.41) is 11.1. The van der Waals surface area contributed by atoms with Gasteiger partial charge < -0.3 is 16.2 Å². The predicted molar refractivity (Wildman–Crippen MR) is 97.6 cm³/mol. The molecule has 3 N–H and O–H groups in total. The summed E-state index contributed by atoms with van der Waals surface area (Å²) < 4.78 is 6.73. The van der Waals surface area contributed by atoms with E-state index in [4.69, 9.17) is 25.5 Å². The van der Waals surface area contributed by atoms with E-state index < -0.39 is 35.8 Å². The van der Waals surface area contributed by atoms with E-state index in [1.54, 1.807) is 25.1 Å². The van der Waals surface area contributed by atoms with Crippen molar-refractivity contribution in [2.75, 3.05) is 5.73 Å². The summed E-state index contributed by atoms with van der Waals surface area (Å²) in [5.74, 6) is 0. The zero-order valence-electron chi connectivity index (χ0n) is 12.3. The Morgan fingerprint density at radius 2 is 2.26 bits per heavy atom. The molecule has 2 rings (SSSR count). The molecule has 6 nitrogen and oxygen atoms in total. The fraction of sp³-hybridized carbons (Fsp3) is 0.286. The summed E-state index contributed by atoms with van der Waals surface area (Å²) in [6, 6.07) is 4.53. The van der Waals surface area contributed by atoms with Crippen molar-refractivity contribution < 1.29 is 40.8 Å². The van der Waals surface area contributed by atoms with Crippen LogP contribution in [0.4, 0.5) is 11.4 Å². The minimum Gasteiger partial charge on any atom is -0.666 e. The van der Waals surface area contributed by atoms with E-state index in [1.807, 2.05) is 6.08 Å². The average molecular weight is 670 g/mol. The molecule has 9 heteroatoms. The second kappa shape index (κ2) is 8.78. The summed E-state index contributed by atoms with van der Waals surface area (Å²) in [5.41, 5.74) is 13.8. The first kappa shape index (κ1) is 20.9. The van der Waals surface area contributed by atoms with Gasteiger partial charge >= 0.3 is 0 Å². The number of hydrogen-bond donors (Lipinski definition) is 1. The second-order valence-corrected chi connectivity index (χ2v) is 7.80. The Morgan fingerprint density at radius 1 is 1.57 bits per heavy atom. The standard InChI is InChI=1S/C14H15IN3O3S.U/c1-14(17)7-9(15-22)5-6-13(14)21-8-10-11(16)3-2-4-12(10)18(19)20;/h2-7,13,17H,8,16H2,1H3;/q-1;. The van der Waals surface area contributed by atoms with Crippen LogP contribution in [0.1, 0.15) is 12.5 Å². The maximum absolute atomic E-state index is 11.1. The molecule has 0 aromatic heterocycles. The SMILES string of the molecule is CC1([NH-])C=C(I=S)C=CC1OCc1c(N)cccc1[N+](=O)[O-].[U]. The van der Waals surface area contributed by atoms with E-state index in [0.717, 1.165) is 3.58 Å². The van der Waals surface area contributed by atoms with Crippen LogP contribution in [0.3, 0.4) is 0 Å². The quantitative estimate of drug-likeness (QED) is 0.217. The number of nitrogens with two attached hydrogens (primary N) is 1. The van der Waals surface area contributed by atoms with Gasteiger partial charge in [-0.25, -0.2) is 0 Å². The van der Waals surface area contributed by atoms with E-state index in [2.05, 4.69) is 0 Å². The Morgan fingerprint density at radius 3 is 2.83 bits per heavy atom. The van der Waals surface area contributed by atoms with Crippen LogP contribution in [0.5, 0.6) is 0 Å². The second-order valence-electron chi connectivity index (χ2n) is 5.08. The van der Waals surface area contributed by atoms with E-state index in [1.165, 1.54) is 12.1 Å². The fourth-order valence-corrected chi connectivity index (χ4v) is 3.94. The Kier molecular flexibility index (Phi) is 7.97. The van der Waals surface area contributed by atoms with Crippen molar-refractivity contribution in [2.45, 2.75) is 25.2 Å². The van der Waals surface area contributed by atoms with Crippen molar-refractivity contribution in [1.82, 2.24) is 0 Å². The van der Waals surface area contributed by atoms with Gasteiger partial charge in [-0.15, -0.1) is 0 Å². The fourth-order valence-electron chi connectivity index (χ4n) is 2.17. The van der Waals surface area contributed by atoms with Crippen molar-refractivity contribution in [3.05, 3.63) is 61.4 Å². The average Bonchev–Trinajstić information content (AvgIpc) is 2.45. The first-order valence-electron chi connectivity index (χ1n) is 6.41. The van der Waals surface area contributed by atoms with Crippen LogP contribution in [0, 0.1) is 41.2 Å². The Hall–Kier alpha value is -0.178. The molecule has 0 spiro atoms. The monoisotopic (exact) mass is 670 g/mol. The molecule has 1 aliphatic rings. The maximum atomic E-state index is 11.1. The van der Waals surface area contributed by atoms with E-state index in [-0.39, 0.29) is 43.4 Å². The number of nitrogens with one attached hydrogen (secondary N) is 1. The number of ether oxygens (including phenoxy) is 1. The number of nitrogens with zero attached hydrogens (tertiary/aromatic N) is 1. The van der Waals surface area contributed by atoms with Crippen molar-refractivity contribution in [1.29, 1.82) is 0 Å². The topological polar surface area (TPSA) is 102 Å². The number of hydrogen-bond acceptors (Lipinski definition) is 5. The normalized spacial score (nSPS) is 23.0. The first-order valence-corrected chi connectivity index (χ1v) is 10.4. The van der Waals surface area contributed by atoms with Gasteiger partial charge in [-0.1, -0.05) is 36.8 Å². The molecule has 0 heterocycles. The summed E-state index contributed by atoms with van der Waals surface area (Å²) >= 11 is -0.494. The molecule has 0 bridgehead atoms. The molecule has 23 heavy (non-hydrogen) atoms. The molecule has 0 amide bonds. The van der Waals surface area contributed by atoms with Gasteiger partial charge in [0.05, 0.1) is 23.2 Å². The number of halogens is 1. The predicted octanol–water partition coefficient (Wildman–Crippen LogP) is 4.41. The molecule has 0 saturated carbocycles. The number of anilines is 1. The molecule has 1 aromatic carbocycles. The minimum atomic E-state index is -0.944. The number of nitrogen functional groups attached to an aromatic ring is 1. The molecule has 0 radical (unpaired) electrons. The van der Waals surface area contributed by atoms with E-state index >= 15 is 0 Å². The van der Waals surface area contributed by atoms with Crippen LogP contribution < -0.4 is 5.73 Å². The molecule has 2 atom stereocenters. The molecular formula is C14H15IN3O3SU-. The molecule has 0 aliphatic heterocycles. The third-order valence-electron chi connectivity index (χ3n) is 3.34. The summed E-state index contributed by atoms with van der Waals surface area (Å²) in [7, 11) is 5.09. The molecule has 1 aliphatic carbocycles. The third-order valence-corrected chi connectivity index (χ3v) is 5.71. The summed E-state index contributed by atoms with van der Waals surface area (Å²) in [6.07, 6.45) is 4.98. The van der Waals surface area contributed by atoms with E-state index in [9.17, 15) is 10.1 Å². The van der Waals surface area contributed by atoms with Crippen LogP contribution in [-0.2, 0) is 11.3 Å². The van der Waals surface area contributed by atoms with Crippen LogP contribution in [0.2, 0.25) is 0 Å². The van der Waals surface area contributed by atoms with Gasteiger partial charge in [0.1, 0.15) is 0 Å². The molecule has 0 saturated heterocycles. The maximum Gasteiger partial charge on any atom is 0.276 e. The van der Waals surface area contributed by atoms with Gasteiger partial charge in [-0.2, -0.15) is 0 Å². The Balaban J connectivity index is 0.00000264. The largest absolute Gasteiger partial charge is 0.666 e. The molecular weight excluding hydrogens is 655 g/mol. The number of rotatable bonds is 5. The number of nitro groups is 1. The van der Waals surface area contributed by atoms with Gasteiger partial charge in [0.2, 0.25) is 0 Å². The van der Waals surface area contributed by atoms with Gasteiger partial charge in [0.25, 0.3) is 5.69 Å². The van der Waals surface area contributed by atoms with Crippen LogP contribution in [0.25, 0.3) is 5.73 Å². The van der Waals surface area contributed by atoms with E-state index in [0.29, 0.717) is 11.3 Å². The minimum absolute atomic E-state index is 0. The number of nitro benzene ring substituents is 1. The van der Waals surface area contributed by atoms with Crippen LogP contribution >= 0.6 is 28.5 Å². The zero-order valence-corrected chi connectivity index (χ0v) is 19.4. The van der Waals surface area contributed by atoms with Crippen molar-refractivity contribution >= 4 is 39.9 Å². The molecule has 2 unspecified atom stereocenters. The number of benzene rings is 1.